The van der Waals surface area contributed by atoms with E-state index < -0.39 is 0 Å². The van der Waals surface area contributed by atoms with Crippen LogP contribution in [0.2, 0.25) is 0 Å². The van der Waals surface area contributed by atoms with Crippen LogP contribution in [0.15, 0.2) is 24.3 Å². The lowest BCUT2D eigenvalue weighted by atomic mass is 9.78. The molecule has 0 spiro atoms. The van der Waals surface area contributed by atoms with Gasteiger partial charge in [-0.1, -0.05) is 52.5 Å². The fourth-order valence-electron chi connectivity index (χ4n) is 2.28. The molecular weight excluding hydrogens is 182 g/mol. The molecule has 2 rings (SSSR count). The van der Waals surface area contributed by atoms with Crippen molar-refractivity contribution in [2.24, 2.45) is 5.41 Å². The van der Waals surface area contributed by atoms with Crippen molar-refractivity contribution in [3.8, 4) is 0 Å². The molecular formula is C14H23N. The molecule has 1 aliphatic heterocycles. The standard InChI is InChI=1S/C13H19N.CH4/c1-13(2,3)12-11-7-5-4-6-10(11)8-9-14-12;/h4-7,12,14H,8-9H2,1-3H3;1H4. The third-order valence-electron chi connectivity index (χ3n) is 2.97. The molecule has 15 heavy (non-hydrogen) atoms. The normalized spacial score (nSPS) is 20.3. The molecule has 84 valence electrons. The van der Waals surface area contributed by atoms with Gasteiger partial charge in [-0.25, -0.2) is 0 Å². The highest BCUT2D eigenvalue weighted by Gasteiger charge is 2.29. The molecule has 0 aromatic heterocycles. The van der Waals surface area contributed by atoms with Crippen LogP contribution in [0.25, 0.3) is 0 Å². The minimum absolute atomic E-state index is 0. The van der Waals surface area contributed by atoms with Crippen molar-refractivity contribution in [1.82, 2.24) is 5.32 Å². The third-order valence-corrected chi connectivity index (χ3v) is 2.97. The summed E-state index contributed by atoms with van der Waals surface area (Å²) in [5.74, 6) is 0. The first-order valence-corrected chi connectivity index (χ1v) is 5.40. The number of rotatable bonds is 0. The van der Waals surface area contributed by atoms with E-state index in [1.165, 1.54) is 17.5 Å². The largest absolute Gasteiger partial charge is 0.309 e. The number of nitrogens with one attached hydrogen (secondary N) is 1. The summed E-state index contributed by atoms with van der Waals surface area (Å²) >= 11 is 0. The van der Waals surface area contributed by atoms with E-state index in [9.17, 15) is 0 Å². The van der Waals surface area contributed by atoms with Gasteiger partial charge in [0.15, 0.2) is 0 Å². The van der Waals surface area contributed by atoms with Crippen LogP contribution >= 0.6 is 0 Å². The third kappa shape index (κ3) is 2.40. The van der Waals surface area contributed by atoms with Crippen LogP contribution in [-0.4, -0.2) is 6.54 Å². The zero-order valence-electron chi connectivity index (χ0n) is 9.30. The predicted molar refractivity (Wildman–Crippen MR) is 67.1 cm³/mol. The van der Waals surface area contributed by atoms with E-state index in [0.717, 1.165) is 6.54 Å². The highest BCUT2D eigenvalue weighted by Crippen LogP contribution is 2.36. The molecule has 1 N–H and O–H groups in total. The molecule has 0 amide bonds. The van der Waals surface area contributed by atoms with Crippen molar-refractivity contribution >= 4 is 0 Å². The summed E-state index contributed by atoms with van der Waals surface area (Å²) in [5.41, 5.74) is 3.31. The van der Waals surface area contributed by atoms with E-state index in [0.29, 0.717) is 11.5 Å². The van der Waals surface area contributed by atoms with E-state index >= 15 is 0 Å². The average molecular weight is 205 g/mol. The molecule has 1 aromatic rings. The minimum Gasteiger partial charge on any atom is -0.309 e. The van der Waals surface area contributed by atoms with E-state index in [2.05, 4.69) is 50.4 Å². The summed E-state index contributed by atoms with van der Waals surface area (Å²) < 4.78 is 0. The van der Waals surface area contributed by atoms with Crippen LogP contribution in [-0.2, 0) is 6.42 Å². The summed E-state index contributed by atoms with van der Waals surface area (Å²) in [4.78, 5) is 0. The fourth-order valence-corrected chi connectivity index (χ4v) is 2.28. The Balaban J connectivity index is 0.00000112. The van der Waals surface area contributed by atoms with Gasteiger partial charge in [-0.2, -0.15) is 0 Å². The molecule has 1 aliphatic rings. The Morgan fingerprint density at radius 1 is 1.20 bits per heavy atom. The van der Waals surface area contributed by atoms with Crippen molar-refractivity contribution in [1.29, 1.82) is 0 Å². The van der Waals surface area contributed by atoms with Crippen molar-refractivity contribution in [3.05, 3.63) is 35.4 Å². The number of hydrogen-bond donors (Lipinski definition) is 1. The Kier molecular flexibility index (Phi) is 3.56. The van der Waals surface area contributed by atoms with Gasteiger partial charge in [0.2, 0.25) is 0 Å². The van der Waals surface area contributed by atoms with Crippen LogP contribution in [0.4, 0.5) is 0 Å². The maximum absolute atomic E-state index is 3.62. The van der Waals surface area contributed by atoms with Gasteiger partial charge in [0.1, 0.15) is 0 Å². The first-order valence-electron chi connectivity index (χ1n) is 5.40. The Hall–Kier alpha value is -0.820. The van der Waals surface area contributed by atoms with E-state index in [1.807, 2.05) is 0 Å². The van der Waals surface area contributed by atoms with Crippen molar-refractivity contribution in [2.45, 2.75) is 40.7 Å². The lowest BCUT2D eigenvalue weighted by molar-refractivity contribution is 0.263. The zero-order valence-corrected chi connectivity index (χ0v) is 9.30. The summed E-state index contributed by atoms with van der Waals surface area (Å²) in [5, 5.41) is 3.62. The van der Waals surface area contributed by atoms with E-state index in [-0.39, 0.29) is 7.43 Å². The molecule has 0 aliphatic carbocycles. The second-order valence-electron chi connectivity index (χ2n) is 5.20. The van der Waals surface area contributed by atoms with Gasteiger partial charge in [0.05, 0.1) is 0 Å². The lowest BCUT2D eigenvalue weighted by Gasteiger charge is -2.36. The Bertz CT molecular complexity index is 322. The van der Waals surface area contributed by atoms with Crippen LogP contribution in [0.5, 0.6) is 0 Å². The number of hydrogen-bond acceptors (Lipinski definition) is 1. The first kappa shape index (κ1) is 12.3. The van der Waals surface area contributed by atoms with Crippen LogP contribution in [0.1, 0.15) is 45.4 Å². The topological polar surface area (TPSA) is 12.0 Å². The van der Waals surface area contributed by atoms with Gasteiger partial charge in [0, 0.05) is 6.04 Å². The first-order chi connectivity index (χ1) is 6.59. The monoisotopic (exact) mass is 205 g/mol. The maximum Gasteiger partial charge on any atom is 0.0372 e. The molecule has 1 heteroatoms. The van der Waals surface area contributed by atoms with E-state index in [1.54, 1.807) is 0 Å². The summed E-state index contributed by atoms with van der Waals surface area (Å²) in [6, 6.07) is 9.31. The van der Waals surface area contributed by atoms with Crippen LogP contribution < -0.4 is 5.32 Å². The SMILES string of the molecule is C.CC(C)(C)C1NCCc2ccccc21. The van der Waals surface area contributed by atoms with Gasteiger partial charge in [-0.15, -0.1) is 0 Å². The lowest BCUT2D eigenvalue weighted by Crippen LogP contribution is -2.37. The molecule has 1 aromatic carbocycles. The molecule has 1 nitrogen and oxygen atoms in total. The molecule has 0 bridgehead atoms. The zero-order chi connectivity index (χ0) is 10.2. The fraction of sp³-hybridized carbons (Fsp3) is 0.571. The highest BCUT2D eigenvalue weighted by molar-refractivity contribution is 5.33. The van der Waals surface area contributed by atoms with Crippen molar-refractivity contribution < 1.29 is 0 Å². The van der Waals surface area contributed by atoms with E-state index in [4.69, 9.17) is 0 Å². The van der Waals surface area contributed by atoms with Crippen LogP contribution in [0, 0.1) is 5.41 Å². The Labute approximate surface area is 93.9 Å². The van der Waals surface area contributed by atoms with Gasteiger partial charge in [0.25, 0.3) is 0 Å². The maximum atomic E-state index is 3.62. The average Bonchev–Trinajstić information content (AvgIpc) is 2.15. The number of benzene rings is 1. The second kappa shape index (κ2) is 4.36. The Morgan fingerprint density at radius 3 is 2.53 bits per heavy atom. The predicted octanol–water partition coefficient (Wildman–Crippen LogP) is 3.56. The summed E-state index contributed by atoms with van der Waals surface area (Å²) in [7, 11) is 0. The van der Waals surface area contributed by atoms with Gasteiger partial charge >= 0.3 is 0 Å². The molecule has 0 saturated heterocycles. The smallest absolute Gasteiger partial charge is 0.0372 e. The quantitative estimate of drug-likeness (QED) is 0.683. The molecule has 0 saturated carbocycles. The van der Waals surface area contributed by atoms with Gasteiger partial charge in [-0.3, -0.25) is 0 Å². The number of fused-ring (bicyclic) bond motifs is 1. The minimum atomic E-state index is 0. The Morgan fingerprint density at radius 2 is 1.87 bits per heavy atom. The second-order valence-corrected chi connectivity index (χ2v) is 5.20. The summed E-state index contributed by atoms with van der Waals surface area (Å²) in [6.07, 6.45) is 1.17. The molecule has 1 atom stereocenters. The molecule has 0 fully saturated rings. The molecule has 1 heterocycles. The van der Waals surface area contributed by atoms with Crippen LogP contribution in [0.3, 0.4) is 0 Å². The van der Waals surface area contributed by atoms with Crippen molar-refractivity contribution in [2.75, 3.05) is 6.54 Å². The van der Waals surface area contributed by atoms with Gasteiger partial charge in [-0.05, 0) is 29.5 Å². The van der Waals surface area contributed by atoms with Crippen molar-refractivity contribution in [3.63, 3.8) is 0 Å². The summed E-state index contributed by atoms with van der Waals surface area (Å²) in [6.45, 7) is 8.01. The molecule has 1 unspecified atom stereocenters. The molecule has 0 radical (unpaired) electrons. The highest BCUT2D eigenvalue weighted by atomic mass is 14.9. The van der Waals surface area contributed by atoms with Gasteiger partial charge < -0.3 is 5.32 Å².